The first-order valence-corrected chi connectivity index (χ1v) is 23.2. The molecule has 1 aliphatic heterocycles. The van der Waals surface area contributed by atoms with E-state index in [4.69, 9.17) is 15.0 Å². The maximum Gasteiger partial charge on any atom is 0.490 e. The van der Waals surface area contributed by atoms with Crippen molar-refractivity contribution in [2.24, 2.45) is 0 Å². The van der Waals surface area contributed by atoms with E-state index in [-0.39, 0.29) is 5.41 Å². The average Bonchev–Trinajstić information content (AvgIpc) is 4.11. The second-order valence-corrected chi connectivity index (χ2v) is 19.5. The minimum atomic E-state index is -0.817. The van der Waals surface area contributed by atoms with Crippen molar-refractivity contribution in [3.63, 3.8) is 0 Å². The predicted molar refractivity (Wildman–Crippen MR) is 265 cm³/mol. The van der Waals surface area contributed by atoms with Gasteiger partial charge < -0.3 is 0 Å². The van der Waals surface area contributed by atoms with Crippen molar-refractivity contribution in [1.29, 1.82) is 0 Å². The van der Waals surface area contributed by atoms with Crippen molar-refractivity contribution in [1.82, 2.24) is 15.0 Å². The van der Waals surface area contributed by atoms with Crippen LogP contribution in [0, 0.1) is 0 Å². The predicted octanol–water partition coefficient (Wildman–Crippen LogP) is 12.5. The van der Waals surface area contributed by atoms with Crippen LogP contribution in [0.4, 0.5) is 0 Å². The molecule has 0 spiro atoms. The van der Waals surface area contributed by atoms with Gasteiger partial charge in [0.1, 0.15) is 0 Å². The quantitative estimate of drug-likeness (QED) is 0.156. The minimum Gasteiger partial charge on any atom is -0.264 e. The highest BCUT2D eigenvalue weighted by Gasteiger charge is 2.57. The summed E-state index contributed by atoms with van der Waals surface area (Å²) in [4.78, 5) is 16.0. The molecule has 0 saturated carbocycles. The van der Waals surface area contributed by atoms with E-state index < -0.39 is 16.4 Å². The molecule has 0 fully saturated rings. The molecule has 5 heteroatoms. The third-order valence-corrected chi connectivity index (χ3v) is 15.1. The first kappa shape index (κ1) is 39.3. The molecule has 0 bridgehead atoms. The lowest BCUT2D eigenvalue weighted by atomic mass is 9.65. The number of benzene rings is 6. The lowest BCUT2D eigenvalue weighted by Gasteiger charge is -2.37. The van der Waals surface area contributed by atoms with E-state index in [1.54, 1.807) is 0 Å². The number of hydrogen-bond acceptors (Lipinski definition) is 3. The van der Waals surface area contributed by atoms with Crippen molar-refractivity contribution in [2.45, 2.75) is 42.6 Å². The average molecular weight is 862 g/mol. The number of nitrogens with zero attached hydrogens (tertiary/aromatic N) is 5. The van der Waals surface area contributed by atoms with Crippen molar-refractivity contribution in [3.8, 4) is 33.4 Å². The molecule has 67 heavy (non-hydrogen) atoms. The Bertz CT molecular complexity index is 3520. The summed E-state index contributed by atoms with van der Waals surface area (Å²) in [6, 6.07) is 66.3. The first-order valence-electron chi connectivity index (χ1n) is 23.2. The third kappa shape index (κ3) is 5.18. The molecule has 0 saturated heterocycles. The van der Waals surface area contributed by atoms with Gasteiger partial charge in [0.2, 0.25) is 12.4 Å². The zero-order valence-corrected chi connectivity index (χ0v) is 37.9. The highest BCUT2D eigenvalue weighted by Crippen LogP contribution is 2.60. The Kier molecular flexibility index (Phi) is 8.32. The molecule has 4 heterocycles. The Balaban J connectivity index is 1.13. The molecule has 6 aromatic carbocycles. The van der Waals surface area contributed by atoms with Gasteiger partial charge in [0.15, 0.2) is 7.05 Å². The normalized spacial score (nSPS) is 16.0. The van der Waals surface area contributed by atoms with Crippen LogP contribution in [-0.2, 0) is 21.8 Å². The maximum atomic E-state index is 5.34. The van der Waals surface area contributed by atoms with Gasteiger partial charge in [-0.05, 0) is 108 Å². The molecule has 0 unspecified atom stereocenters. The van der Waals surface area contributed by atoms with Gasteiger partial charge in [0.25, 0.3) is 5.54 Å². The molecule has 3 aliphatic carbocycles. The molecule has 5 nitrogen and oxygen atoms in total. The van der Waals surface area contributed by atoms with Gasteiger partial charge in [0, 0.05) is 42.1 Å². The van der Waals surface area contributed by atoms with Crippen LogP contribution in [0.15, 0.2) is 213 Å². The van der Waals surface area contributed by atoms with Gasteiger partial charge >= 0.3 is 6.01 Å². The standard InChI is InChI=1S/C62H47N5/c1-59(2,3)41-29-30-65-58(35-41)61(54-25-13-7-19-48(54)49-20-8-14-26-55(49)61)44-33-42(36-63-38-44)60(52-23-11-5-17-46(52)47-18-6-12-24-53(47)60)43-34-45(39-64-37-43)62(67-32-31-66(4)40-67)56-27-15-9-21-50(56)51-22-10-16-28-57(51)62/h5-39H,1-4H3/q+2. The first-order chi connectivity index (χ1) is 32.8. The van der Waals surface area contributed by atoms with E-state index >= 15 is 0 Å². The fourth-order valence-electron chi connectivity index (χ4n) is 12.3. The molecular weight excluding hydrogens is 815 g/mol. The summed E-state index contributed by atoms with van der Waals surface area (Å²) in [5.41, 5.74) is 18.5. The fraction of sp³-hybridized carbons (Fsp3) is 0.129. The Morgan fingerprint density at radius 3 is 1.27 bits per heavy atom. The van der Waals surface area contributed by atoms with Crippen LogP contribution in [0.5, 0.6) is 0 Å². The monoisotopic (exact) mass is 861 g/mol. The van der Waals surface area contributed by atoms with Crippen LogP contribution >= 0.6 is 0 Å². The van der Waals surface area contributed by atoms with Crippen LogP contribution in [-0.4, -0.2) is 37.2 Å². The summed E-state index contributed by atoms with van der Waals surface area (Å²) < 4.78 is 4.26. The fourth-order valence-corrected chi connectivity index (χ4v) is 12.3. The molecule has 9 aromatic rings. The van der Waals surface area contributed by atoms with Gasteiger partial charge in [0.05, 0.1) is 22.1 Å². The van der Waals surface area contributed by atoms with Gasteiger partial charge in [-0.3, -0.25) is 15.0 Å². The van der Waals surface area contributed by atoms with Gasteiger partial charge in [-0.2, -0.15) is 0 Å². The number of fused-ring (bicyclic) bond motifs is 9. The summed E-state index contributed by atoms with van der Waals surface area (Å²) in [6.45, 7) is 6.83. The molecule has 13 rings (SSSR count). The number of pyridine rings is 3. The Morgan fingerprint density at radius 1 is 0.433 bits per heavy atom. The summed E-state index contributed by atoms with van der Waals surface area (Å²) in [5, 5.41) is 0. The van der Waals surface area contributed by atoms with E-state index in [1.165, 1.54) is 72.3 Å². The van der Waals surface area contributed by atoms with Crippen molar-refractivity contribution < 1.29 is 9.15 Å². The Morgan fingerprint density at radius 2 is 0.821 bits per heavy atom. The summed E-state index contributed by atoms with van der Waals surface area (Å²) >= 11 is 0. The summed E-state index contributed by atoms with van der Waals surface area (Å²) in [6.07, 6.45) is 14.6. The van der Waals surface area contributed by atoms with Crippen molar-refractivity contribution in [3.05, 3.63) is 280 Å². The summed E-state index contributed by atoms with van der Waals surface area (Å²) in [7, 11) is 2.04. The van der Waals surface area contributed by atoms with E-state index in [1.807, 2.05) is 17.8 Å². The maximum absolute atomic E-state index is 5.34. The van der Waals surface area contributed by atoms with Crippen LogP contribution < -0.4 is 0 Å². The molecular formula is C62H47N5+2. The molecule has 0 N–H and O–H groups in total. The summed E-state index contributed by atoms with van der Waals surface area (Å²) in [5.74, 6) is 0. The minimum absolute atomic E-state index is 0.0938. The van der Waals surface area contributed by atoms with Crippen molar-refractivity contribution >= 4 is 6.01 Å². The second-order valence-electron chi connectivity index (χ2n) is 19.5. The molecule has 318 valence electrons. The lowest BCUT2D eigenvalue weighted by molar-refractivity contribution is -0.533. The highest BCUT2D eigenvalue weighted by molar-refractivity contribution is 5.89. The highest BCUT2D eigenvalue weighted by atomic mass is 15.2. The molecule has 3 aromatic heterocycles. The Hall–Kier alpha value is -8.11. The number of hydrogen-bond donors (Lipinski definition) is 0. The zero-order valence-electron chi connectivity index (χ0n) is 37.9. The zero-order chi connectivity index (χ0) is 45.1. The molecule has 0 radical (unpaired) electrons. The number of rotatable bonds is 6. The molecule has 0 amide bonds. The van der Waals surface area contributed by atoms with E-state index in [2.05, 4.69) is 238 Å². The van der Waals surface area contributed by atoms with Crippen molar-refractivity contribution in [2.75, 3.05) is 7.05 Å². The van der Waals surface area contributed by atoms with Gasteiger partial charge in [-0.25, -0.2) is 0 Å². The molecule has 4 aliphatic rings. The lowest BCUT2D eigenvalue weighted by Crippen LogP contribution is -2.38. The van der Waals surface area contributed by atoms with Crippen LogP contribution in [0.2, 0.25) is 0 Å². The van der Waals surface area contributed by atoms with Crippen LogP contribution in [0.3, 0.4) is 0 Å². The third-order valence-electron chi connectivity index (χ3n) is 15.1. The van der Waals surface area contributed by atoms with Crippen LogP contribution in [0.1, 0.15) is 87.7 Å². The molecule has 0 atom stereocenters. The van der Waals surface area contributed by atoms with Gasteiger partial charge in [-0.1, -0.05) is 176 Å². The van der Waals surface area contributed by atoms with Gasteiger partial charge in [-0.15, -0.1) is 0 Å². The van der Waals surface area contributed by atoms with E-state index in [9.17, 15) is 0 Å². The SMILES string of the molecule is C[N+]1=C=[N+](C2(c3cncc(C4(c5cncc(C6(c7cc(C(C)(C)C)ccn7)c7ccccc7-c7ccccc76)c5)c5ccccc5-c5ccccc54)c3)c3ccccc3-c3ccccc32)C=C1. The van der Waals surface area contributed by atoms with Crippen LogP contribution in [0.25, 0.3) is 33.4 Å². The largest absolute Gasteiger partial charge is 0.490 e. The Labute approximate surface area is 391 Å². The number of aromatic nitrogens is 3. The van der Waals surface area contributed by atoms with E-state index in [0.717, 1.165) is 27.9 Å². The second kappa shape index (κ2) is 14.2. The van der Waals surface area contributed by atoms with E-state index in [0.29, 0.717) is 0 Å². The topological polar surface area (TPSA) is 44.7 Å². The smallest absolute Gasteiger partial charge is 0.264 e.